The zero-order valence-electron chi connectivity index (χ0n) is 20.9. The van der Waals surface area contributed by atoms with Crippen molar-refractivity contribution in [1.29, 1.82) is 0 Å². The summed E-state index contributed by atoms with van der Waals surface area (Å²) in [6, 6.07) is 11.5. The number of nitrogens with zero attached hydrogens (tertiary/aromatic N) is 2. The Kier molecular flexibility index (Phi) is 4.74. The number of carbonyl (C=O) groups is 1. The molecule has 1 saturated carbocycles. The maximum absolute atomic E-state index is 13.4. The standard InChI is InChI=1S/C29H34N2O4/c1-18-6-5-7-19(16-18)8-11-24(33)31(4)22-12-13-29(34)23-17-20-9-10-21(32)26-25(20)28(29,14-15-30(23)3)27(22,2)35-26/h5-11,16,22-23,32,34H,12-15,17H2,1-4H3/t22-,23-,27+,28+,29-/m1/s1. The number of phenolic OH excluding ortho intramolecular Hbond substituents is 1. The van der Waals surface area contributed by atoms with Crippen molar-refractivity contribution in [3.8, 4) is 11.5 Å². The molecule has 4 aliphatic rings. The van der Waals surface area contributed by atoms with Crippen LogP contribution in [-0.4, -0.2) is 69.8 Å². The molecule has 2 aromatic carbocycles. The fraction of sp³-hybridized carbons (Fsp3) is 0.483. The second kappa shape index (κ2) is 7.34. The normalized spacial score (nSPS) is 35.0. The van der Waals surface area contributed by atoms with Crippen molar-refractivity contribution in [2.45, 2.75) is 68.2 Å². The van der Waals surface area contributed by atoms with E-state index in [0.29, 0.717) is 25.0 Å². The topological polar surface area (TPSA) is 73.2 Å². The lowest BCUT2D eigenvalue weighted by atomic mass is 9.44. The summed E-state index contributed by atoms with van der Waals surface area (Å²) in [6.45, 7) is 4.91. The fourth-order valence-electron chi connectivity index (χ4n) is 7.96. The molecule has 1 spiro atoms. The van der Waals surface area contributed by atoms with E-state index >= 15 is 0 Å². The highest BCUT2D eigenvalue weighted by Gasteiger charge is 2.77. The number of rotatable bonds is 3. The predicted octanol–water partition coefficient (Wildman–Crippen LogP) is 3.42. The van der Waals surface area contributed by atoms with Crippen molar-refractivity contribution >= 4 is 12.0 Å². The monoisotopic (exact) mass is 474 g/mol. The molecule has 5 atom stereocenters. The van der Waals surface area contributed by atoms with E-state index in [1.165, 1.54) is 0 Å². The summed E-state index contributed by atoms with van der Waals surface area (Å²) in [5, 5.41) is 23.2. The van der Waals surface area contributed by atoms with Crippen molar-refractivity contribution in [2.75, 3.05) is 20.6 Å². The molecule has 6 heteroatoms. The van der Waals surface area contributed by atoms with Gasteiger partial charge in [0.2, 0.25) is 5.91 Å². The van der Waals surface area contributed by atoms with Gasteiger partial charge in [0, 0.05) is 24.7 Å². The molecule has 2 aliphatic carbocycles. The number of hydrogen-bond acceptors (Lipinski definition) is 5. The van der Waals surface area contributed by atoms with E-state index in [4.69, 9.17) is 4.74 Å². The Hall–Kier alpha value is -2.83. The van der Waals surface area contributed by atoms with E-state index in [0.717, 1.165) is 35.2 Å². The van der Waals surface area contributed by atoms with Crippen LogP contribution in [0.1, 0.15) is 48.4 Å². The molecule has 0 unspecified atom stereocenters. The molecule has 184 valence electrons. The molecule has 6 nitrogen and oxygen atoms in total. The molecule has 1 saturated heterocycles. The largest absolute Gasteiger partial charge is 0.504 e. The van der Waals surface area contributed by atoms with Gasteiger partial charge < -0.3 is 24.7 Å². The van der Waals surface area contributed by atoms with Crippen molar-refractivity contribution in [1.82, 2.24) is 9.80 Å². The fourth-order valence-corrected chi connectivity index (χ4v) is 7.96. The molecule has 2 bridgehead atoms. The Morgan fingerprint density at radius 3 is 2.83 bits per heavy atom. The van der Waals surface area contributed by atoms with Gasteiger partial charge >= 0.3 is 0 Å². The van der Waals surface area contributed by atoms with Gasteiger partial charge in [0.1, 0.15) is 5.60 Å². The maximum atomic E-state index is 13.4. The Balaban J connectivity index is 1.42. The van der Waals surface area contributed by atoms with Crippen LogP contribution in [0.25, 0.3) is 6.08 Å². The Bertz CT molecular complexity index is 1260. The number of piperidine rings is 1. The minimum absolute atomic E-state index is 0.0228. The molecule has 2 N–H and O–H groups in total. The molecule has 2 aromatic rings. The van der Waals surface area contributed by atoms with Crippen molar-refractivity contribution < 1.29 is 19.7 Å². The first-order valence-electron chi connectivity index (χ1n) is 12.6. The van der Waals surface area contributed by atoms with Gasteiger partial charge in [0.25, 0.3) is 0 Å². The van der Waals surface area contributed by atoms with Gasteiger partial charge in [-0.2, -0.15) is 0 Å². The summed E-state index contributed by atoms with van der Waals surface area (Å²) in [5.74, 6) is 0.513. The first kappa shape index (κ1) is 22.6. The minimum atomic E-state index is -0.988. The zero-order chi connectivity index (χ0) is 24.8. The third kappa shape index (κ3) is 2.75. The van der Waals surface area contributed by atoms with Gasteiger partial charge in [0.15, 0.2) is 11.5 Å². The van der Waals surface area contributed by atoms with E-state index in [-0.39, 0.29) is 23.7 Å². The van der Waals surface area contributed by atoms with Gasteiger partial charge in [-0.1, -0.05) is 35.9 Å². The highest BCUT2D eigenvalue weighted by atomic mass is 16.5. The molecular weight excluding hydrogens is 440 g/mol. The maximum Gasteiger partial charge on any atom is 0.246 e. The molecule has 0 radical (unpaired) electrons. The van der Waals surface area contributed by atoms with Crippen LogP contribution >= 0.6 is 0 Å². The van der Waals surface area contributed by atoms with Crippen molar-refractivity contribution in [2.24, 2.45) is 0 Å². The van der Waals surface area contributed by atoms with Gasteiger partial charge in [-0.25, -0.2) is 0 Å². The van der Waals surface area contributed by atoms with Crippen LogP contribution in [0.2, 0.25) is 0 Å². The van der Waals surface area contributed by atoms with Crippen LogP contribution in [0, 0.1) is 6.92 Å². The van der Waals surface area contributed by atoms with Crippen LogP contribution in [-0.2, 0) is 16.6 Å². The predicted molar refractivity (Wildman–Crippen MR) is 135 cm³/mol. The second-order valence-electron chi connectivity index (χ2n) is 11.2. The molecule has 0 aromatic heterocycles. The molecular formula is C29H34N2O4. The summed E-state index contributed by atoms with van der Waals surface area (Å²) in [6.07, 6.45) is 6.14. The summed E-state index contributed by atoms with van der Waals surface area (Å²) >= 11 is 0. The average Bonchev–Trinajstić information content (AvgIpc) is 3.10. The zero-order valence-corrected chi connectivity index (χ0v) is 20.9. The lowest BCUT2D eigenvalue weighted by molar-refractivity contribution is -0.226. The number of carbonyl (C=O) groups excluding carboxylic acids is 1. The Morgan fingerprint density at radius 1 is 1.26 bits per heavy atom. The summed E-state index contributed by atoms with van der Waals surface area (Å²) in [7, 11) is 3.93. The van der Waals surface area contributed by atoms with Gasteiger partial charge in [-0.3, -0.25) is 4.79 Å². The molecule has 2 fully saturated rings. The molecule has 6 rings (SSSR count). The van der Waals surface area contributed by atoms with E-state index in [9.17, 15) is 15.0 Å². The first-order chi connectivity index (χ1) is 16.6. The number of amides is 1. The van der Waals surface area contributed by atoms with E-state index < -0.39 is 16.6 Å². The number of aromatic hydroxyl groups is 1. The number of phenols is 1. The summed E-state index contributed by atoms with van der Waals surface area (Å²) < 4.78 is 6.71. The number of likely N-dealkylation sites (N-methyl/N-ethyl adjacent to an activating group) is 2. The third-order valence-electron chi connectivity index (χ3n) is 9.60. The van der Waals surface area contributed by atoms with Gasteiger partial charge in [-0.05, 0) is 76.4 Å². The van der Waals surface area contributed by atoms with Gasteiger partial charge in [0.05, 0.1) is 17.1 Å². The average molecular weight is 475 g/mol. The summed E-state index contributed by atoms with van der Waals surface area (Å²) in [5.41, 5.74) is 1.70. The minimum Gasteiger partial charge on any atom is -0.504 e. The van der Waals surface area contributed by atoms with E-state index in [2.05, 4.69) is 11.9 Å². The van der Waals surface area contributed by atoms with Crippen molar-refractivity contribution in [3.63, 3.8) is 0 Å². The van der Waals surface area contributed by atoms with Crippen LogP contribution in [0.3, 0.4) is 0 Å². The highest BCUT2D eigenvalue weighted by Crippen LogP contribution is 2.69. The van der Waals surface area contributed by atoms with Crippen molar-refractivity contribution in [3.05, 3.63) is 64.7 Å². The quantitative estimate of drug-likeness (QED) is 0.667. The smallest absolute Gasteiger partial charge is 0.246 e. The SMILES string of the molecule is Cc1cccc(C=CC(=O)N(C)[C@@H]2CC[C@@]3(O)[C@H]4Cc5ccc(O)c6c5[C@@]3(CCN4C)[C@@]2(C)O6)c1. The number of ether oxygens (including phenoxy) is 1. The Labute approximate surface area is 206 Å². The number of hydrogen-bond donors (Lipinski definition) is 2. The number of aryl methyl sites for hydroxylation is 1. The third-order valence-corrected chi connectivity index (χ3v) is 9.60. The summed E-state index contributed by atoms with van der Waals surface area (Å²) in [4.78, 5) is 17.5. The first-order valence-corrected chi connectivity index (χ1v) is 12.6. The van der Waals surface area contributed by atoms with Crippen LogP contribution in [0.5, 0.6) is 11.5 Å². The van der Waals surface area contributed by atoms with Gasteiger partial charge in [-0.15, -0.1) is 0 Å². The molecule has 2 aliphatic heterocycles. The molecule has 35 heavy (non-hydrogen) atoms. The lowest BCUT2D eigenvalue weighted by Crippen LogP contribution is -2.81. The number of likely N-dealkylation sites (tertiary alicyclic amines) is 1. The number of benzene rings is 2. The lowest BCUT2D eigenvalue weighted by Gasteiger charge is -2.67. The molecule has 1 amide bonds. The number of aliphatic hydroxyl groups is 1. The van der Waals surface area contributed by atoms with Crippen LogP contribution in [0.4, 0.5) is 0 Å². The van der Waals surface area contributed by atoms with E-state index in [1.807, 2.05) is 57.3 Å². The van der Waals surface area contributed by atoms with Crippen LogP contribution in [0.15, 0.2) is 42.5 Å². The van der Waals surface area contributed by atoms with Crippen LogP contribution < -0.4 is 4.74 Å². The second-order valence-corrected chi connectivity index (χ2v) is 11.2. The van der Waals surface area contributed by atoms with E-state index in [1.54, 1.807) is 17.0 Å². The Morgan fingerprint density at radius 2 is 2.06 bits per heavy atom. The highest BCUT2D eigenvalue weighted by molar-refractivity contribution is 5.92. The molecule has 2 heterocycles.